The van der Waals surface area contributed by atoms with E-state index in [0.717, 1.165) is 11.7 Å². The van der Waals surface area contributed by atoms with Crippen LogP contribution in [0.2, 0.25) is 0 Å². The highest BCUT2D eigenvalue weighted by atomic mass is 16.5. The molecule has 1 N–H and O–H groups in total. The number of benzene rings is 1. The van der Waals surface area contributed by atoms with Crippen LogP contribution < -0.4 is 10.1 Å². The summed E-state index contributed by atoms with van der Waals surface area (Å²) < 4.78 is 5.28. The van der Waals surface area contributed by atoms with Gasteiger partial charge in [-0.05, 0) is 49.1 Å². The van der Waals surface area contributed by atoms with E-state index in [4.69, 9.17) is 4.74 Å². The molecular weight excluding hydrogens is 246 g/mol. The molecule has 1 aliphatic rings. The van der Waals surface area contributed by atoms with Gasteiger partial charge in [0.1, 0.15) is 5.75 Å². The van der Waals surface area contributed by atoms with Crippen molar-refractivity contribution in [1.29, 1.82) is 0 Å². The Morgan fingerprint density at radius 3 is 2.50 bits per heavy atom. The summed E-state index contributed by atoms with van der Waals surface area (Å²) in [6.45, 7) is 7.17. The van der Waals surface area contributed by atoms with E-state index < -0.39 is 0 Å². The van der Waals surface area contributed by atoms with Crippen molar-refractivity contribution in [3.63, 3.8) is 0 Å². The summed E-state index contributed by atoms with van der Waals surface area (Å²) in [6.07, 6.45) is 6.55. The number of hydrogen-bond donors (Lipinski definition) is 1. The standard InChI is InChI=1S/C18H29NO/c1-5-18(2,3)14-9-11-15(12-10-14)19-16-7-6-8-17(13-16)20-4/h6-8,13-15,19H,5,9-12H2,1-4H3. The Balaban J connectivity index is 1.88. The monoisotopic (exact) mass is 275 g/mol. The summed E-state index contributed by atoms with van der Waals surface area (Å²) in [5, 5.41) is 3.67. The lowest BCUT2D eigenvalue weighted by atomic mass is 9.69. The van der Waals surface area contributed by atoms with Gasteiger partial charge in [0.05, 0.1) is 7.11 Å². The Morgan fingerprint density at radius 2 is 1.90 bits per heavy atom. The largest absolute Gasteiger partial charge is 0.497 e. The molecule has 0 saturated heterocycles. The molecule has 1 aliphatic carbocycles. The van der Waals surface area contributed by atoms with Gasteiger partial charge in [-0.25, -0.2) is 0 Å². The predicted molar refractivity (Wildman–Crippen MR) is 86.4 cm³/mol. The molecule has 0 bridgehead atoms. The lowest BCUT2D eigenvalue weighted by molar-refractivity contribution is 0.147. The number of ether oxygens (including phenoxy) is 1. The smallest absolute Gasteiger partial charge is 0.120 e. The molecule has 1 fully saturated rings. The molecule has 0 aromatic heterocycles. The third kappa shape index (κ3) is 3.68. The molecule has 0 spiro atoms. The molecule has 2 heteroatoms. The number of anilines is 1. The van der Waals surface area contributed by atoms with Crippen molar-refractivity contribution in [2.75, 3.05) is 12.4 Å². The average molecular weight is 275 g/mol. The van der Waals surface area contributed by atoms with Gasteiger partial charge in [0, 0.05) is 17.8 Å². The molecule has 0 amide bonds. The first-order chi connectivity index (χ1) is 9.55. The van der Waals surface area contributed by atoms with Crippen LogP contribution >= 0.6 is 0 Å². The van der Waals surface area contributed by atoms with E-state index in [-0.39, 0.29) is 0 Å². The van der Waals surface area contributed by atoms with Crippen LogP contribution in [-0.4, -0.2) is 13.2 Å². The number of hydrogen-bond acceptors (Lipinski definition) is 2. The van der Waals surface area contributed by atoms with Crippen molar-refractivity contribution < 1.29 is 4.74 Å². The van der Waals surface area contributed by atoms with Gasteiger partial charge in [0.25, 0.3) is 0 Å². The van der Waals surface area contributed by atoms with Crippen molar-refractivity contribution in [3.05, 3.63) is 24.3 Å². The van der Waals surface area contributed by atoms with Crippen LogP contribution in [0, 0.1) is 11.3 Å². The number of nitrogens with one attached hydrogen (secondary N) is 1. The molecule has 2 nitrogen and oxygen atoms in total. The maximum Gasteiger partial charge on any atom is 0.120 e. The summed E-state index contributed by atoms with van der Waals surface area (Å²) >= 11 is 0. The highest BCUT2D eigenvalue weighted by Gasteiger charge is 2.31. The van der Waals surface area contributed by atoms with Gasteiger partial charge in [-0.3, -0.25) is 0 Å². The fraction of sp³-hybridized carbons (Fsp3) is 0.667. The van der Waals surface area contributed by atoms with Gasteiger partial charge in [0.15, 0.2) is 0 Å². The van der Waals surface area contributed by atoms with Crippen molar-refractivity contribution in [1.82, 2.24) is 0 Å². The van der Waals surface area contributed by atoms with Crippen LogP contribution in [-0.2, 0) is 0 Å². The molecule has 0 heterocycles. The first-order valence-electron chi connectivity index (χ1n) is 7.95. The molecule has 0 aliphatic heterocycles. The van der Waals surface area contributed by atoms with Crippen molar-refractivity contribution >= 4 is 5.69 Å². The summed E-state index contributed by atoms with van der Waals surface area (Å²) in [5.41, 5.74) is 1.68. The maximum absolute atomic E-state index is 5.28. The molecular formula is C18H29NO. The minimum atomic E-state index is 0.501. The normalized spacial score (nSPS) is 23.4. The van der Waals surface area contributed by atoms with E-state index in [0.29, 0.717) is 11.5 Å². The Labute approximate surface area is 123 Å². The first kappa shape index (κ1) is 15.2. The van der Waals surface area contributed by atoms with Gasteiger partial charge < -0.3 is 10.1 Å². The van der Waals surface area contributed by atoms with Crippen molar-refractivity contribution in [2.24, 2.45) is 11.3 Å². The summed E-state index contributed by atoms with van der Waals surface area (Å²) in [7, 11) is 1.72. The second-order valence-corrected chi connectivity index (χ2v) is 6.77. The van der Waals surface area contributed by atoms with Crippen LogP contribution in [0.25, 0.3) is 0 Å². The van der Waals surface area contributed by atoms with Gasteiger partial charge in [-0.15, -0.1) is 0 Å². The molecule has 1 aromatic carbocycles. The van der Waals surface area contributed by atoms with Crippen LogP contribution in [0.4, 0.5) is 5.69 Å². The average Bonchev–Trinajstić information content (AvgIpc) is 2.48. The Bertz CT molecular complexity index is 419. The topological polar surface area (TPSA) is 21.3 Å². The second kappa shape index (κ2) is 6.51. The van der Waals surface area contributed by atoms with E-state index in [9.17, 15) is 0 Å². The van der Waals surface area contributed by atoms with Crippen LogP contribution in [0.3, 0.4) is 0 Å². The minimum Gasteiger partial charge on any atom is -0.497 e. The fourth-order valence-corrected chi connectivity index (χ4v) is 3.26. The Morgan fingerprint density at radius 1 is 1.20 bits per heavy atom. The minimum absolute atomic E-state index is 0.501. The van der Waals surface area contributed by atoms with E-state index in [1.807, 2.05) is 12.1 Å². The highest BCUT2D eigenvalue weighted by molar-refractivity contribution is 5.48. The SMILES string of the molecule is CCC(C)(C)C1CCC(Nc2cccc(OC)c2)CC1. The molecule has 2 rings (SSSR count). The fourth-order valence-electron chi connectivity index (χ4n) is 3.26. The summed E-state index contributed by atoms with van der Waals surface area (Å²) in [6, 6.07) is 8.87. The molecule has 1 aromatic rings. The summed E-state index contributed by atoms with van der Waals surface area (Å²) in [4.78, 5) is 0. The van der Waals surface area contributed by atoms with Gasteiger partial charge in [-0.1, -0.05) is 33.3 Å². The zero-order valence-electron chi connectivity index (χ0n) is 13.4. The van der Waals surface area contributed by atoms with Gasteiger partial charge >= 0.3 is 0 Å². The highest BCUT2D eigenvalue weighted by Crippen LogP contribution is 2.40. The second-order valence-electron chi connectivity index (χ2n) is 6.77. The molecule has 112 valence electrons. The zero-order chi connectivity index (χ0) is 14.6. The molecule has 1 saturated carbocycles. The van der Waals surface area contributed by atoms with Crippen molar-refractivity contribution in [2.45, 2.75) is 58.9 Å². The Hall–Kier alpha value is -1.18. The van der Waals surface area contributed by atoms with Crippen LogP contribution in [0.5, 0.6) is 5.75 Å². The molecule has 0 atom stereocenters. The van der Waals surface area contributed by atoms with E-state index in [1.165, 1.54) is 37.8 Å². The molecule has 0 radical (unpaired) electrons. The lowest BCUT2D eigenvalue weighted by Crippen LogP contribution is -2.32. The van der Waals surface area contributed by atoms with E-state index in [2.05, 4.69) is 38.2 Å². The van der Waals surface area contributed by atoms with Crippen LogP contribution in [0.15, 0.2) is 24.3 Å². The summed E-state index contributed by atoms with van der Waals surface area (Å²) in [5.74, 6) is 1.81. The predicted octanol–water partition coefficient (Wildman–Crippen LogP) is 5.10. The number of rotatable bonds is 5. The van der Waals surface area contributed by atoms with E-state index in [1.54, 1.807) is 7.11 Å². The maximum atomic E-state index is 5.28. The van der Waals surface area contributed by atoms with Crippen LogP contribution in [0.1, 0.15) is 52.9 Å². The first-order valence-corrected chi connectivity index (χ1v) is 7.95. The molecule has 20 heavy (non-hydrogen) atoms. The van der Waals surface area contributed by atoms with Gasteiger partial charge in [0.2, 0.25) is 0 Å². The van der Waals surface area contributed by atoms with Crippen molar-refractivity contribution in [3.8, 4) is 5.75 Å². The lowest BCUT2D eigenvalue weighted by Gasteiger charge is -2.39. The zero-order valence-corrected chi connectivity index (χ0v) is 13.4. The quantitative estimate of drug-likeness (QED) is 0.807. The third-order valence-electron chi connectivity index (χ3n) is 5.18. The number of methoxy groups -OCH3 is 1. The van der Waals surface area contributed by atoms with Gasteiger partial charge in [-0.2, -0.15) is 0 Å². The Kier molecular flexibility index (Phi) is 4.95. The van der Waals surface area contributed by atoms with E-state index >= 15 is 0 Å². The third-order valence-corrected chi connectivity index (χ3v) is 5.18. The molecule has 0 unspecified atom stereocenters.